The van der Waals surface area contributed by atoms with E-state index >= 15 is 0 Å². The molecule has 0 radical (unpaired) electrons. The summed E-state index contributed by atoms with van der Waals surface area (Å²) < 4.78 is 0. The molecule has 0 saturated carbocycles. The molecule has 1 aliphatic heterocycles. The van der Waals surface area contributed by atoms with Crippen molar-refractivity contribution in [2.45, 2.75) is 32.6 Å². The zero-order valence-corrected chi connectivity index (χ0v) is 14.6. The van der Waals surface area contributed by atoms with Gasteiger partial charge in [-0.05, 0) is 29.4 Å². The highest BCUT2D eigenvalue weighted by Crippen LogP contribution is 2.40. The van der Waals surface area contributed by atoms with Crippen LogP contribution >= 0.6 is 7.92 Å². The fourth-order valence-corrected chi connectivity index (χ4v) is 5.45. The van der Waals surface area contributed by atoms with Gasteiger partial charge in [-0.25, -0.2) is 0 Å². The first-order valence-corrected chi connectivity index (χ1v) is 9.86. The van der Waals surface area contributed by atoms with Crippen molar-refractivity contribution in [3.63, 3.8) is 0 Å². The van der Waals surface area contributed by atoms with Crippen molar-refractivity contribution in [1.29, 1.82) is 0 Å². The minimum absolute atomic E-state index is 0.512. The summed E-state index contributed by atoms with van der Waals surface area (Å²) in [5.41, 5.74) is 1.36. The van der Waals surface area contributed by atoms with E-state index in [-0.39, 0.29) is 0 Å². The van der Waals surface area contributed by atoms with Crippen molar-refractivity contribution >= 4 is 24.0 Å². The van der Waals surface area contributed by atoms with E-state index < -0.39 is 7.92 Å². The number of unbranched alkanes of at least 4 members (excludes halogenated alkanes) is 1. The lowest BCUT2D eigenvalue weighted by Crippen LogP contribution is -2.21. The molecule has 1 nitrogen and oxygen atoms in total. The summed E-state index contributed by atoms with van der Waals surface area (Å²) in [4.78, 5) is 4.81. The van der Waals surface area contributed by atoms with E-state index in [0.29, 0.717) is 5.92 Å². The number of hydrogen-bond donors (Lipinski definition) is 0. The molecule has 0 fully saturated rings. The van der Waals surface area contributed by atoms with Crippen LogP contribution in [-0.4, -0.2) is 5.45 Å². The van der Waals surface area contributed by atoms with Crippen LogP contribution < -0.4 is 10.6 Å². The van der Waals surface area contributed by atoms with Gasteiger partial charge < -0.3 is 0 Å². The van der Waals surface area contributed by atoms with Gasteiger partial charge in [-0.3, -0.25) is 4.99 Å². The second kappa shape index (κ2) is 8.22. The van der Waals surface area contributed by atoms with Gasteiger partial charge in [0.1, 0.15) is 0 Å². The monoisotopic (exact) mass is 321 g/mol. The average molecular weight is 321 g/mol. The van der Waals surface area contributed by atoms with Gasteiger partial charge in [0.15, 0.2) is 0 Å². The quantitative estimate of drug-likeness (QED) is 0.645. The maximum Gasteiger partial charge on any atom is 0.0503 e. The highest BCUT2D eigenvalue weighted by molar-refractivity contribution is 7.88. The van der Waals surface area contributed by atoms with Crippen LogP contribution in [0, 0.1) is 5.92 Å². The molecule has 2 heteroatoms. The van der Waals surface area contributed by atoms with E-state index in [1.807, 2.05) is 6.20 Å². The molecule has 0 amide bonds. The lowest BCUT2D eigenvalue weighted by molar-refractivity contribution is 0.569. The van der Waals surface area contributed by atoms with Crippen LogP contribution in [0.5, 0.6) is 0 Å². The van der Waals surface area contributed by atoms with Gasteiger partial charge in [0.2, 0.25) is 0 Å². The first-order chi connectivity index (χ1) is 11.4. The molecule has 0 N–H and O–H groups in total. The minimum atomic E-state index is -0.512. The third-order valence-corrected chi connectivity index (χ3v) is 6.69. The number of allylic oxidation sites excluding steroid dienone is 1. The molecule has 0 aliphatic carbocycles. The Kier molecular flexibility index (Phi) is 5.77. The molecule has 1 aliphatic rings. The SMILES string of the molecule is CCCCC1C=CN=C(P(c2ccccc2)c2ccccc2)C1. The third kappa shape index (κ3) is 4.18. The van der Waals surface area contributed by atoms with E-state index in [0.717, 1.165) is 6.42 Å². The number of nitrogens with zero attached hydrogens (tertiary/aromatic N) is 1. The summed E-state index contributed by atoms with van der Waals surface area (Å²) in [6.07, 6.45) is 9.29. The van der Waals surface area contributed by atoms with Gasteiger partial charge in [-0.1, -0.05) is 86.5 Å². The Morgan fingerprint density at radius 2 is 1.57 bits per heavy atom. The average Bonchev–Trinajstić information content (AvgIpc) is 2.62. The Hall–Kier alpha value is -1.72. The molecule has 1 atom stereocenters. The Morgan fingerprint density at radius 3 is 2.13 bits per heavy atom. The van der Waals surface area contributed by atoms with Gasteiger partial charge in [0.25, 0.3) is 0 Å². The summed E-state index contributed by atoms with van der Waals surface area (Å²) in [5, 5.41) is 2.80. The molecule has 2 aromatic rings. The zero-order chi connectivity index (χ0) is 15.9. The van der Waals surface area contributed by atoms with Crippen LogP contribution in [0.3, 0.4) is 0 Å². The number of rotatable bonds is 6. The Bertz CT molecular complexity index is 621. The Labute approximate surface area is 140 Å². The van der Waals surface area contributed by atoms with Gasteiger partial charge in [0.05, 0.1) is 5.45 Å². The molecule has 23 heavy (non-hydrogen) atoms. The largest absolute Gasteiger partial charge is 0.261 e. The molecule has 0 aromatic heterocycles. The van der Waals surface area contributed by atoms with Crippen LogP contribution in [0.4, 0.5) is 0 Å². The van der Waals surface area contributed by atoms with Crippen LogP contribution in [0.25, 0.3) is 0 Å². The molecule has 3 rings (SSSR count). The second-order valence-corrected chi connectivity index (χ2v) is 8.22. The first kappa shape index (κ1) is 16.1. The van der Waals surface area contributed by atoms with Crippen LogP contribution in [0.2, 0.25) is 0 Å². The summed E-state index contributed by atoms with van der Waals surface area (Å²) in [7, 11) is -0.512. The zero-order valence-electron chi connectivity index (χ0n) is 13.7. The van der Waals surface area contributed by atoms with Crippen molar-refractivity contribution in [3.05, 3.63) is 72.9 Å². The Balaban J connectivity index is 1.90. The summed E-state index contributed by atoms with van der Waals surface area (Å²) in [6, 6.07) is 21.7. The molecule has 118 valence electrons. The smallest absolute Gasteiger partial charge is 0.0503 e. The van der Waals surface area contributed by atoms with Gasteiger partial charge >= 0.3 is 0 Å². The Morgan fingerprint density at radius 1 is 0.957 bits per heavy atom. The van der Waals surface area contributed by atoms with E-state index in [2.05, 4.69) is 73.7 Å². The molecule has 1 heterocycles. The summed E-state index contributed by atoms with van der Waals surface area (Å²) in [6.45, 7) is 2.27. The predicted octanol–water partition coefficient (Wildman–Crippen LogP) is 5.24. The molecule has 0 bridgehead atoms. The molecule has 0 spiro atoms. The lowest BCUT2D eigenvalue weighted by atomic mass is 9.98. The maximum atomic E-state index is 4.81. The summed E-state index contributed by atoms with van der Waals surface area (Å²) >= 11 is 0. The topological polar surface area (TPSA) is 12.4 Å². The molecular weight excluding hydrogens is 297 g/mol. The standard InChI is InChI=1S/C21H24NP/c1-2-3-10-18-15-16-22-21(17-18)23(19-11-6-4-7-12-19)20-13-8-5-9-14-20/h4-9,11-16,18H,2-3,10,17H2,1H3. The van der Waals surface area contributed by atoms with E-state index in [1.165, 1.54) is 35.3 Å². The van der Waals surface area contributed by atoms with Crippen LogP contribution in [0.15, 0.2) is 77.9 Å². The number of hydrogen-bond acceptors (Lipinski definition) is 1. The molecular formula is C21H24NP. The normalized spacial score (nSPS) is 17.3. The van der Waals surface area contributed by atoms with Crippen LogP contribution in [0.1, 0.15) is 32.6 Å². The summed E-state index contributed by atoms with van der Waals surface area (Å²) in [5.74, 6) is 0.653. The van der Waals surface area contributed by atoms with Crippen molar-refractivity contribution < 1.29 is 0 Å². The molecule has 2 aromatic carbocycles. The van der Waals surface area contributed by atoms with Crippen molar-refractivity contribution in [2.75, 3.05) is 0 Å². The van der Waals surface area contributed by atoms with Crippen molar-refractivity contribution in [1.82, 2.24) is 0 Å². The predicted molar refractivity (Wildman–Crippen MR) is 103 cm³/mol. The minimum Gasteiger partial charge on any atom is -0.261 e. The number of benzene rings is 2. The third-order valence-electron chi connectivity index (χ3n) is 4.24. The highest BCUT2D eigenvalue weighted by atomic mass is 31.1. The number of aliphatic imine (C=N–C) groups is 1. The first-order valence-electron chi connectivity index (χ1n) is 8.52. The second-order valence-electron chi connectivity index (χ2n) is 6.00. The molecule has 0 saturated heterocycles. The van der Waals surface area contributed by atoms with Crippen molar-refractivity contribution in [2.24, 2.45) is 10.9 Å². The lowest BCUT2D eigenvalue weighted by Gasteiger charge is -2.25. The van der Waals surface area contributed by atoms with E-state index in [4.69, 9.17) is 4.99 Å². The van der Waals surface area contributed by atoms with E-state index in [1.54, 1.807) is 0 Å². The maximum absolute atomic E-state index is 4.81. The van der Waals surface area contributed by atoms with E-state index in [9.17, 15) is 0 Å². The fraction of sp³-hybridized carbons (Fsp3) is 0.286. The van der Waals surface area contributed by atoms with Gasteiger partial charge in [0, 0.05) is 14.1 Å². The fourth-order valence-electron chi connectivity index (χ4n) is 3.02. The van der Waals surface area contributed by atoms with Gasteiger partial charge in [-0.2, -0.15) is 0 Å². The van der Waals surface area contributed by atoms with Crippen LogP contribution in [-0.2, 0) is 0 Å². The van der Waals surface area contributed by atoms with Gasteiger partial charge in [-0.15, -0.1) is 0 Å². The van der Waals surface area contributed by atoms with Crippen molar-refractivity contribution in [3.8, 4) is 0 Å². The highest BCUT2D eigenvalue weighted by Gasteiger charge is 2.23. The molecule has 1 unspecified atom stereocenters.